The molecule has 2 heterocycles. The molecule has 1 unspecified atom stereocenters. The van der Waals surface area contributed by atoms with Crippen molar-refractivity contribution in [1.29, 1.82) is 0 Å². The van der Waals surface area contributed by atoms with Crippen LogP contribution in [0.15, 0.2) is 22.8 Å². The molecule has 0 radical (unpaired) electrons. The Morgan fingerprint density at radius 3 is 2.95 bits per heavy atom. The van der Waals surface area contributed by atoms with Gasteiger partial charge in [-0.3, -0.25) is 4.79 Å². The highest BCUT2D eigenvalue weighted by Gasteiger charge is 2.28. The van der Waals surface area contributed by atoms with Gasteiger partial charge in [0, 0.05) is 19.0 Å². The van der Waals surface area contributed by atoms with Gasteiger partial charge in [-0.25, -0.2) is 8.42 Å². The lowest BCUT2D eigenvalue weighted by Gasteiger charge is -2.10. The molecule has 1 saturated heterocycles. The molecule has 0 spiro atoms. The number of furan rings is 1. The molecule has 0 aliphatic carbocycles. The number of nitrogens with one attached hydrogen (secondary N) is 2. The van der Waals surface area contributed by atoms with Gasteiger partial charge in [-0.15, -0.1) is 0 Å². The summed E-state index contributed by atoms with van der Waals surface area (Å²) in [7, 11) is -2.94. The van der Waals surface area contributed by atoms with Crippen molar-refractivity contribution in [3.05, 3.63) is 24.2 Å². The number of amides is 1. The maximum atomic E-state index is 11.6. The molecule has 1 aliphatic heterocycles. The lowest BCUT2D eigenvalue weighted by atomic mass is 10.2. The van der Waals surface area contributed by atoms with Crippen LogP contribution in [0.3, 0.4) is 0 Å². The van der Waals surface area contributed by atoms with Crippen molar-refractivity contribution in [3.8, 4) is 0 Å². The second-order valence-corrected chi connectivity index (χ2v) is 6.90. The Morgan fingerprint density at radius 1 is 1.47 bits per heavy atom. The molecule has 1 fully saturated rings. The van der Waals surface area contributed by atoms with Crippen LogP contribution in [0.25, 0.3) is 0 Å². The van der Waals surface area contributed by atoms with Gasteiger partial charge in [0.2, 0.25) is 5.91 Å². The third-order valence-corrected chi connectivity index (χ3v) is 4.77. The number of carbonyl (C=O) groups excluding carboxylic acids is 1. The Morgan fingerprint density at radius 2 is 2.32 bits per heavy atom. The van der Waals surface area contributed by atoms with Crippen LogP contribution in [0.5, 0.6) is 0 Å². The normalized spacial score (nSPS) is 21.4. The van der Waals surface area contributed by atoms with Crippen molar-refractivity contribution in [3.63, 3.8) is 0 Å². The van der Waals surface area contributed by atoms with Gasteiger partial charge >= 0.3 is 0 Å². The van der Waals surface area contributed by atoms with Crippen molar-refractivity contribution in [2.75, 3.05) is 18.1 Å². The molecule has 1 aromatic rings. The van der Waals surface area contributed by atoms with Crippen molar-refractivity contribution in [2.45, 2.75) is 25.4 Å². The van der Waals surface area contributed by atoms with E-state index in [1.807, 2.05) is 12.1 Å². The van der Waals surface area contributed by atoms with Gasteiger partial charge in [0.05, 0.1) is 24.3 Å². The molecule has 6 nitrogen and oxygen atoms in total. The standard InChI is InChI=1S/C12H18N2O4S/c15-12(14-10-4-7-19(16,17)9-10)3-5-13-8-11-2-1-6-18-11/h1-2,6,10,13H,3-5,7-9H2,(H,14,15). The largest absolute Gasteiger partial charge is 0.468 e. The van der Waals surface area contributed by atoms with E-state index in [1.165, 1.54) is 0 Å². The number of hydrogen-bond acceptors (Lipinski definition) is 5. The summed E-state index contributed by atoms with van der Waals surface area (Å²) in [6.07, 6.45) is 2.45. The first-order valence-electron chi connectivity index (χ1n) is 6.28. The summed E-state index contributed by atoms with van der Waals surface area (Å²) >= 11 is 0. The van der Waals surface area contributed by atoms with Crippen molar-refractivity contribution >= 4 is 15.7 Å². The Kier molecular flexibility index (Phi) is 4.60. The highest BCUT2D eigenvalue weighted by atomic mass is 32.2. The molecular weight excluding hydrogens is 268 g/mol. The third kappa shape index (κ3) is 4.68. The molecule has 106 valence electrons. The monoisotopic (exact) mass is 286 g/mol. The second-order valence-electron chi connectivity index (χ2n) is 4.67. The minimum atomic E-state index is -2.94. The minimum Gasteiger partial charge on any atom is -0.468 e. The molecule has 0 bridgehead atoms. The highest BCUT2D eigenvalue weighted by molar-refractivity contribution is 7.91. The van der Waals surface area contributed by atoms with E-state index in [0.717, 1.165) is 5.76 Å². The molecule has 19 heavy (non-hydrogen) atoms. The predicted molar refractivity (Wildman–Crippen MR) is 70.2 cm³/mol. The lowest BCUT2D eigenvalue weighted by Crippen LogP contribution is -2.37. The molecule has 1 amide bonds. The van der Waals surface area contributed by atoms with Crippen LogP contribution in [0.2, 0.25) is 0 Å². The summed E-state index contributed by atoms with van der Waals surface area (Å²) < 4.78 is 27.6. The van der Waals surface area contributed by atoms with E-state index in [0.29, 0.717) is 25.9 Å². The molecule has 2 rings (SSSR count). The fourth-order valence-corrected chi connectivity index (χ4v) is 3.71. The average Bonchev–Trinajstić information content (AvgIpc) is 2.94. The smallest absolute Gasteiger partial charge is 0.221 e. The zero-order chi connectivity index (χ0) is 13.7. The van der Waals surface area contributed by atoms with E-state index < -0.39 is 9.84 Å². The van der Waals surface area contributed by atoms with Crippen LogP contribution in [0, 0.1) is 0 Å². The van der Waals surface area contributed by atoms with E-state index in [4.69, 9.17) is 4.42 Å². The Balaban J connectivity index is 1.60. The first-order chi connectivity index (χ1) is 9.05. The van der Waals surface area contributed by atoms with Crippen molar-refractivity contribution in [1.82, 2.24) is 10.6 Å². The summed E-state index contributed by atoms with van der Waals surface area (Å²) in [6, 6.07) is 3.45. The fraction of sp³-hybridized carbons (Fsp3) is 0.583. The molecule has 1 atom stereocenters. The first-order valence-corrected chi connectivity index (χ1v) is 8.10. The Bertz CT molecular complexity index is 510. The van der Waals surface area contributed by atoms with E-state index in [-0.39, 0.29) is 23.5 Å². The highest BCUT2D eigenvalue weighted by Crippen LogP contribution is 2.11. The van der Waals surface area contributed by atoms with Gasteiger partial charge in [0.1, 0.15) is 5.76 Å². The van der Waals surface area contributed by atoms with Crippen LogP contribution in [0.4, 0.5) is 0 Å². The first kappa shape index (κ1) is 14.1. The van der Waals surface area contributed by atoms with Crippen molar-refractivity contribution in [2.24, 2.45) is 0 Å². The number of carbonyl (C=O) groups is 1. The minimum absolute atomic E-state index is 0.0680. The Hall–Kier alpha value is -1.34. The summed E-state index contributed by atoms with van der Waals surface area (Å²) in [6.45, 7) is 1.12. The molecule has 1 aliphatic rings. The van der Waals surface area contributed by atoms with Crippen LogP contribution in [-0.2, 0) is 21.2 Å². The molecule has 7 heteroatoms. The molecule has 0 aromatic carbocycles. The Labute approximate surface area is 112 Å². The topological polar surface area (TPSA) is 88.4 Å². The van der Waals surface area contributed by atoms with Crippen LogP contribution >= 0.6 is 0 Å². The van der Waals surface area contributed by atoms with E-state index >= 15 is 0 Å². The van der Waals surface area contributed by atoms with E-state index in [1.54, 1.807) is 6.26 Å². The predicted octanol–water partition coefficient (Wildman–Crippen LogP) is 0.0626. The quantitative estimate of drug-likeness (QED) is 0.722. The van der Waals surface area contributed by atoms with E-state index in [9.17, 15) is 13.2 Å². The maximum absolute atomic E-state index is 11.6. The van der Waals surface area contributed by atoms with Gasteiger partial charge in [-0.2, -0.15) is 0 Å². The summed E-state index contributed by atoms with van der Waals surface area (Å²) in [5, 5.41) is 5.83. The summed E-state index contributed by atoms with van der Waals surface area (Å²) in [5.41, 5.74) is 0. The summed E-state index contributed by atoms with van der Waals surface area (Å²) in [4.78, 5) is 11.6. The summed E-state index contributed by atoms with van der Waals surface area (Å²) in [5.74, 6) is 0.948. The SMILES string of the molecule is O=C(CCNCc1ccco1)NC1CCS(=O)(=O)C1. The molecule has 1 aromatic heterocycles. The van der Waals surface area contributed by atoms with Gasteiger partial charge in [0.15, 0.2) is 9.84 Å². The van der Waals surface area contributed by atoms with Crippen LogP contribution in [-0.4, -0.2) is 38.4 Å². The van der Waals surface area contributed by atoms with Gasteiger partial charge in [0.25, 0.3) is 0 Å². The second kappa shape index (κ2) is 6.21. The van der Waals surface area contributed by atoms with E-state index in [2.05, 4.69) is 10.6 Å². The fourth-order valence-electron chi connectivity index (χ4n) is 2.04. The van der Waals surface area contributed by atoms with Crippen molar-refractivity contribution < 1.29 is 17.6 Å². The van der Waals surface area contributed by atoms with Gasteiger partial charge in [-0.1, -0.05) is 0 Å². The molecule has 0 saturated carbocycles. The van der Waals surface area contributed by atoms with Crippen LogP contribution in [0.1, 0.15) is 18.6 Å². The molecule has 2 N–H and O–H groups in total. The zero-order valence-electron chi connectivity index (χ0n) is 10.6. The number of sulfone groups is 1. The maximum Gasteiger partial charge on any atom is 0.221 e. The molecular formula is C12H18N2O4S. The lowest BCUT2D eigenvalue weighted by molar-refractivity contribution is -0.121. The average molecular weight is 286 g/mol. The van der Waals surface area contributed by atoms with Gasteiger partial charge < -0.3 is 15.1 Å². The third-order valence-electron chi connectivity index (χ3n) is 3.01. The van der Waals surface area contributed by atoms with Crippen LogP contribution < -0.4 is 10.6 Å². The number of hydrogen-bond donors (Lipinski definition) is 2. The number of rotatable bonds is 6. The zero-order valence-corrected chi connectivity index (χ0v) is 11.4. The van der Waals surface area contributed by atoms with Gasteiger partial charge in [-0.05, 0) is 18.6 Å².